The van der Waals surface area contributed by atoms with Gasteiger partial charge < -0.3 is 21.1 Å². The van der Waals surface area contributed by atoms with Gasteiger partial charge in [0.05, 0.1) is 16.6 Å². The normalized spacial score (nSPS) is 14.1. The fourth-order valence-electron chi connectivity index (χ4n) is 1.78. The molecule has 0 spiro atoms. The number of benzene rings is 1. The standard InChI is InChI=1S/C15H23BrFN3O2/c1-9(19-14(21)22-15(2,3)4)13(8-18)20-10-5-6-12(17)11(16)7-10/h5-7,9,13,20H,8,18H2,1-4H3,(H,19,21). The molecule has 1 aromatic rings. The molecule has 0 bridgehead atoms. The first-order chi connectivity index (χ1) is 10.1. The fourth-order valence-corrected chi connectivity index (χ4v) is 2.16. The van der Waals surface area contributed by atoms with Crippen molar-refractivity contribution in [2.45, 2.75) is 45.4 Å². The lowest BCUT2D eigenvalue weighted by Gasteiger charge is -2.27. The quantitative estimate of drug-likeness (QED) is 0.738. The van der Waals surface area contributed by atoms with Crippen molar-refractivity contribution in [3.05, 3.63) is 28.5 Å². The molecule has 1 amide bonds. The monoisotopic (exact) mass is 375 g/mol. The van der Waals surface area contributed by atoms with Crippen molar-refractivity contribution in [3.63, 3.8) is 0 Å². The van der Waals surface area contributed by atoms with Gasteiger partial charge in [0.2, 0.25) is 0 Å². The molecule has 124 valence electrons. The van der Waals surface area contributed by atoms with Crippen molar-refractivity contribution in [3.8, 4) is 0 Å². The number of ether oxygens (including phenoxy) is 1. The summed E-state index contributed by atoms with van der Waals surface area (Å²) in [5, 5.41) is 5.92. The second-order valence-corrected chi connectivity index (χ2v) is 6.90. The Morgan fingerprint density at radius 3 is 2.59 bits per heavy atom. The van der Waals surface area contributed by atoms with Crippen LogP contribution in [0.5, 0.6) is 0 Å². The maximum absolute atomic E-state index is 13.2. The Hall–Kier alpha value is -1.34. The van der Waals surface area contributed by atoms with E-state index in [1.54, 1.807) is 32.9 Å². The van der Waals surface area contributed by atoms with Gasteiger partial charge in [-0.1, -0.05) is 0 Å². The number of carbonyl (C=O) groups excluding carboxylic acids is 1. The third-order valence-electron chi connectivity index (χ3n) is 2.87. The van der Waals surface area contributed by atoms with Crippen LogP contribution in [0.4, 0.5) is 14.9 Å². The van der Waals surface area contributed by atoms with E-state index in [0.717, 1.165) is 0 Å². The summed E-state index contributed by atoms with van der Waals surface area (Å²) >= 11 is 3.13. The van der Waals surface area contributed by atoms with Gasteiger partial charge in [0.25, 0.3) is 0 Å². The van der Waals surface area contributed by atoms with Crippen LogP contribution in [-0.2, 0) is 4.74 Å². The maximum atomic E-state index is 13.2. The van der Waals surface area contributed by atoms with Crippen molar-refractivity contribution in [2.24, 2.45) is 5.73 Å². The van der Waals surface area contributed by atoms with Crippen LogP contribution in [0.2, 0.25) is 0 Å². The summed E-state index contributed by atoms with van der Waals surface area (Å²) in [6.45, 7) is 7.52. The van der Waals surface area contributed by atoms with Crippen molar-refractivity contribution in [1.82, 2.24) is 5.32 Å². The lowest BCUT2D eigenvalue weighted by molar-refractivity contribution is 0.0504. The summed E-state index contributed by atoms with van der Waals surface area (Å²) in [5.41, 5.74) is 5.90. The zero-order valence-electron chi connectivity index (χ0n) is 13.2. The number of rotatable bonds is 5. The number of anilines is 1. The summed E-state index contributed by atoms with van der Waals surface area (Å²) in [7, 11) is 0. The smallest absolute Gasteiger partial charge is 0.407 e. The van der Waals surface area contributed by atoms with E-state index in [4.69, 9.17) is 10.5 Å². The minimum absolute atomic E-state index is 0.218. The van der Waals surface area contributed by atoms with Crippen LogP contribution < -0.4 is 16.4 Å². The Kier molecular flexibility index (Phi) is 6.62. The van der Waals surface area contributed by atoms with Crippen LogP contribution in [0.1, 0.15) is 27.7 Å². The zero-order valence-corrected chi connectivity index (χ0v) is 14.8. The first kappa shape index (κ1) is 18.7. The number of alkyl carbamates (subject to hydrolysis) is 1. The molecule has 0 saturated carbocycles. The Morgan fingerprint density at radius 1 is 1.45 bits per heavy atom. The molecule has 4 N–H and O–H groups in total. The van der Waals surface area contributed by atoms with Crippen LogP contribution in [0, 0.1) is 5.82 Å². The van der Waals surface area contributed by atoms with Gasteiger partial charge >= 0.3 is 6.09 Å². The molecule has 0 radical (unpaired) electrons. The van der Waals surface area contributed by atoms with Crippen LogP contribution >= 0.6 is 15.9 Å². The summed E-state index contributed by atoms with van der Waals surface area (Å²) in [6, 6.07) is 4.11. The minimum Gasteiger partial charge on any atom is -0.444 e. The summed E-state index contributed by atoms with van der Waals surface area (Å²) in [6.07, 6.45) is -0.500. The molecule has 7 heteroatoms. The van der Waals surface area contributed by atoms with E-state index in [1.165, 1.54) is 6.07 Å². The van der Waals surface area contributed by atoms with E-state index in [1.807, 2.05) is 6.92 Å². The number of halogens is 2. The molecular formula is C15H23BrFN3O2. The Bertz CT molecular complexity index is 520. The van der Waals surface area contributed by atoms with E-state index in [-0.39, 0.29) is 17.9 Å². The molecular weight excluding hydrogens is 353 g/mol. The van der Waals surface area contributed by atoms with Crippen molar-refractivity contribution < 1.29 is 13.9 Å². The molecule has 1 aromatic carbocycles. The highest BCUT2D eigenvalue weighted by Crippen LogP contribution is 2.21. The summed E-state index contributed by atoms with van der Waals surface area (Å²) in [4.78, 5) is 11.8. The van der Waals surface area contributed by atoms with Gasteiger partial charge in [0.1, 0.15) is 11.4 Å². The van der Waals surface area contributed by atoms with Crippen LogP contribution in [0.25, 0.3) is 0 Å². The van der Waals surface area contributed by atoms with Crippen molar-refractivity contribution in [1.29, 1.82) is 0 Å². The first-order valence-electron chi connectivity index (χ1n) is 7.03. The van der Waals surface area contributed by atoms with Gasteiger partial charge in [-0.3, -0.25) is 0 Å². The van der Waals surface area contributed by atoms with Gasteiger partial charge in [-0.25, -0.2) is 9.18 Å². The van der Waals surface area contributed by atoms with E-state index in [2.05, 4.69) is 26.6 Å². The molecule has 2 unspecified atom stereocenters. The highest BCUT2D eigenvalue weighted by molar-refractivity contribution is 9.10. The molecule has 1 rings (SSSR count). The van der Waals surface area contributed by atoms with E-state index in [9.17, 15) is 9.18 Å². The molecule has 2 atom stereocenters. The third kappa shape index (κ3) is 6.19. The number of hydrogen-bond donors (Lipinski definition) is 3. The van der Waals surface area contributed by atoms with Gasteiger partial charge in [-0.15, -0.1) is 0 Å². The van der Waals surface area contributed by atoms with Crippen LogP contribution in [0.15, 0.2) is 22.7 Å². The van der Waals surface area contributed by atoms with Crippen molar-refractivity contribution >= 4 is 27.7 Å². The second-order valence-electron chi connectivity index (χ2n) is 6.05. The Balaban J connectivity index is 2.66. The minimum atomic E-state index is -0.558. The number of carbonyl (C=O) groups is 1. The van der Waals surface area contributed by atoms with Crippen LogP contribution in [0.3, 0.4) is 0 Å². The second kappa shape index (κ2) is 7.78. The third-order valence-corrected chi connectivity index (χ3v) is 3.48. The topological polar surface area (TPSA) is 76.4 Å². The lowest BCUT2D eigenvalue weighted by atomic mass is 10.1. The summed E-state index contributed by atoms with van der Waals surface area (Å²) < 4.78 is 18.8. The van der Waals surface area contributed by atoms with E-state index >= 15 is 0 Å². The Morgan fingerprint density at radius 2 is 2.09 bits per heavy atom. The molecule has 0 aliphatic rings. The number of nitrogens with two attached hydrogens (primary N) is 1. The molecule has 0 aliphatic heterocycles. The summed E-state index contributed by atoms with van der Waals surface area (Å²) in [5.74, 6) is -0.338. The molecule has 0 heterocycles. The molecule has 5 nitrogen and oxygen atoms in total. The SMILES string of the molecule is CC(NC(=O)OC(C)(C)C)C(CN)Nc1ccc(F)c(Br)c1. The number of nitrogens with one attached hydrogen (secondary N) is 2. The lowest BCUT2D eigenvalue weighted by Crippen LogP contribution is -2.49. The molecule has 0 saturated heterocycles. The zero-order chi connectivity index (χ0) is 16.9. The van der Waals surface area contributed by atoms with Gasteiger partial charge in [-0.05, 0) is 61.8 Å². The highest BCUT2D eigenvalue weighted by atomic mass is 79.9. The van der Waals surface area contributed by atoms with Gasteiger partial charge in [-0.2, -0.15) is 0 Å². The fraction of sp³-hybridized carbons (Fsp3) is 0.533. The molecule has 0 aliphatic carbocycles. The number of amides is 1. The van der Waals surface area contributed by atoms with Gasteiger partial charge in [0, 0.05) is 12.2 Å². The molecule has 22 heavy (non-hydrogen) atoms. The maximum Gasteiger partial charge on any atom is 0.407 e. The average molecular weight is 376 g/mol. The van der Waals surface area contributed by atoms with Crippen molar-refractivity contribution in [2.75, 3.05) is 11.9 Å². The van der Waals surface area contributed by atoms with Crippen LogP contribution in [-0.4, -0.2) is 30.3 Å². The first-order valence-corrected chi connectivity index (χ1v) is 7.83. The number of hydrogen-bond acceptors (Lipinski definition) is 4. The van der Waals surface area contributed by atoms with Gasteiger partial charge in [0.15, 0.2) is 0 Å². The predicted octanol–water partition coefficient (Wildman–Crippen LogP) is 3.24. The van der Waals surface area contributed by atoms with E-state index < -0.39 is 11.7 Å². The van der Waals surface area contributed by atoms with E-state index in [0.29, 0.717) is 16.7 Å². The Labute approximate surface area is 138 Å². The average Bonchev–Trinajstić information content (AvgIpc) is 2.37. The molecule has 0 aromatic heterocycles. The largest absolute Gasteiger partial charge is 0.444 e. The predicted molar refractivity (Wildman–Crippen MR) is 89.4 cm³/mol. The molecule has 0 fully saturated rings. The highest BCUT2D eigenvalue weighted by Gasteiger charge is 2.22.